The van der Waals surface area contributed by atoms with Gasteiger partial charge in [-0.05, 0) is 29.8 Å². The van der Waals surface area contributed by atoms with Crippen molar-refractivity contribution in [3.05, 3.63) is 58.9 Å². The van der Waals surface area contributed by atoms with Gasteiger partial charge < -0.3 is 5.73 Å². The van der Waals surface area contributed by atoms with Crippen molar-refractivity contribution in [2.24, 2.45) is 0 Å². The molecule has 1 nitrogen and oxygen atoms in total. The number of benzene rings is 2. The lowest BCUT2D eigenvalue weighted by atomic mass is 10.2. The van der Waals surface area contributed by atoms with Gasteiger partial charge in [-0.25, -0.2) is 4.39 Å². The smallest absolute Gasteiger partial charge is 0.136 e. The molecule has 0 spiro atoms. The van der Waals surface area contributed by atoms with E-state index in [1.54, 1.807) is 18.2 Å². The number of anilines is 1. The van der Waals surface area contributed by atoms with E-state index in [-0.39, 0.29) is 5.82 Å². The van der Waals surface area contributed by atoms with Gasteiger partial charge in [0.15, 0.2) is 0 Å². The van der Waals surface area contributed by atoms with Crippen LogP contribution in [-0.2, 0) is 5.75 Å². The molecular weight excluding hydrogens is 257 g/mol. The van der Waals surface area contributed by atoms with Crippen LogP contribution in [0.1, 0.15) is 5.56 Å². The Bertz CT molecular complexity index is 531. The Morgan fingerprint density at radius 3 is 2.65 bits per heavy atom. The van der Waals surface area contributed by atoms with E-state index in [0.29, 0.717) is 21.4 Å². The molecule has 0 radical (unpaired) electrons. The zero-order valence-corrected chi connectivity index (χ0v) is 10.6. The van der Waals surface area contributed by atoms with Crippen molar-refractivity contribution in [2.45, 2.75) is 10.6 Å². The molecule has 4 heteroatoms. The minimum Gasteiger partial charge on any atom is -0.398 e. The van der Waals surface area contributed by atoms with Crippen LogP contribution in [-0.4, -0.2) is 0 Å². The molecule has 0 unspecified atom stereocenters. The first-order chi connectivity index (χ1) is 8.16. The number of thioether (sulfide) groups is 1. The van der Waals surface area contributed by atoms with E-state index in [4.69, 9.17) is 17.3 Å². The molecule has 0 heterocycles. The summed E-state index contributed by atoms with van der Waals surface area (Å²) >= 11 is 7.27. The molecule has 2 aromatic rings. The minimum atomic E-state index is -0.195. The van der Waals surface area contributed by atoms with E-state index in [0.717, 1.165) is 5.56 Å². The summed E-state index contributed by atoms with van der Waals surface area (Å²) in [6.07, 6.45) is 0. The fourth-order valence-electron chi connectivity index (χ4n) is 1.41. The molecule has 0 atom stereocenters. The molecule has 0 aliphatic heterocycles. The lowest BCUT2D eigenvalue weighted by molar-refractivity contribution is 0.602. The van der Waals surface area contributed by atoms with Crippen molar-refractivity contribution in [1.29, 1.82) is 0 Å². The standard InChI is InChI=1S/C13H11ClFNS/c14-10-6-5-9(7-12(10)16)8-17-13-4-2-1-3-11(13)15/h1-7H,8,16H2. The van der Waals surface area contributed by atoms with Crippen molar-refractivity contribution >= 4 is 29.1 Å². The van der Waals surface area contributed by atoms with Gasteiger partial charge in [-0.2, -0.15) is 0 Å². The summed E-state index contributed by atoms with van der Waals surface area (Å²) in [7, 11) is 0. The number of nitrogen functional groups attached to an aromatic ring is 1. The molecule has 2 aromatic carbocycles. The fourth-order valence-corrected chi connectivity index (χ4v) is 2.41. The van der Waals surface area contributed by atoms with Crippen LogP contribution in [0.2, 0.25) is 5.02 Å². The molecule has 0 saturated heterocycles. The van der Waals surface area contributed by atoms with Crippen LogP contribution in [0.3, 0.4) is 0 Å². The van der Waals surface area contributed by atoms with Gasteiger partial charge in [0, 0.05) is 10.6 Å². The third-order valence-electron chi connectivity index (χ3n) is 2.29. The van der Waals surface area contributed by atoms with Crippen LogP contribution >= 0.6 is 23.4 Å². The Hall–Kier alpha value is -1.19. The Morgan fingerprint density at radius 2 is 1.94 bits per heavy atom. The maximum atomic E-state index is 13.4. The normalized spacial score (nSPS) is 10.5. The second-order valence-corrected chi connectivity index (χ2v) is 5.00. The first kappa shape index (κ1) is 12.3. The molecule has 0 aromatic heterocycles. The van der Waals surface area contributed by atoms with E-state index >= 15 is 0 Å². The summed E-state index contributed by atoms with van der Waals surface area (Å²) < 4.78 is 13.4. The van der Waals surface area contributed by atoms with Crippen LogP contribution in [0, 0.1) is 5.82 Å². The second kappa shape index (κ2) is 5.43. The van der Waals surface area contributed by atoms with Gasteiger partial charge in [0.05, 0.1) is 10.7 Å². The van der Waals surface area contributed by atoms with Gasteiger partial charge >= 0.3 is 0 Å². The topological polar surface area (TPSA) is 26.0 Å². The van der Waals surface area contributed by atoms with Crippen molar-refractivity contribution < 1.29 is 4.39 Å². The molecule has 0 amide bonds. The number of hydrogen-bond acceptors (Lipinski definition) is 2. The van der Waals surface area contributed by atoms with Crippen molar-refractivity contribution in [3.63, 3.8) is 0 Å². The highest BCUT2D eigenvalue weighted by molar-refractivity contribution is 7.98. The summed E-state index contributed by atoms with van der Waals surface area (Å²) in [5.41, 5.74) is 7.29. The highest BCUT2D eigenvalue weighted by Crippen LogP contribution is 2.27. The summed E-state index contributed by atoms with van der Waals surface area (Å²) in [4.78, 5) is 0.640. The van der Waals surface area contributed by atoms with Crippen molar-refractivity contribution in [3.8, 4) is 0 Å². The quantitative estimate of drug-likeness (QED) is 0.661. The van der Waals surface area contributed by atoms with E-state index in [1.807, 2.05) is 18.2 Å². The second-order valence-electron chi connectivity index (χ2n) is 3.57. The molecule has 2 rings (SSSR count). The fraction of sp³-hybridized carbons (Fsp3) is 0.0769. The first-order valence-electron chi connectivity index (χ1n) is 5.08. The average molecular weight is 268 g/mol. The monoisotopic (exact) mass is 267 g/mol. The van der Waals surface area contributed by atoms with Crippen molar-refractivity contribution in [2.75, 3.05) is 5.73 Å². The SMILES string of the molecule is Nc1cc(CSc2ccccc2F)ccc1Cl. The third kappa shape index (κ3) is 3.14. The van der Waals surface area contributed by atoms with Crippen LogP contribution < -0.4 is 5.73 Å². The molecule has 0 fully saturated rings. The van der Waals surface area contributed by atoms with Gasteiger partial charge in [0.2, 0.25) is 0 Å². The molecule has 88 valence electrons. The third-order valence-corrected chi connectivity index (χ3v) is 3.76. The Kier molecular flexibility index (Phi) is 3.92. The highest BCUT2D eigenvalue weighted by Gasteiger charge is 2.03. The Labute approximate surface area is 109 Å². The highest BCUT2D eigenvalue weighted by atomic mass is 35.5. The lowest BCUT2D eigenvalue weighted by Crippen LogP contribution is -1.89. The zero-order valence-electron chi connectivity index (χ0n) is 8.99. The number of halogens is 2. The Balaban J connectivity index is 2.08. The summed E-state index contributed by atoms with van der Waals surface area (Å²) in [6.45, 7) is 0. The van der Waals surface area contributed by atoms with E-state index < -0.39 is 0 Å². The van der Waals surface area contributed by atoms with Crippen LogP contribution in [0.25, 0.3) is 0 Å². The van der Waals surface area contributed by atoms with Crippen LogP contribution in [0.5, 0.6) is 0 Å². The predicted molar refractivity (Wildman–Crippen MR) is 71.8 cm³/mol. The van der Waals surface area contributed by atoms with Gasteiger partial charge in [0.1, 0.15) is 5.82 Å². The maximum Gasteiger partial charge on any atom is 0.136 e. The largest absolute Gasteiger partial charge is 0.398 e. The molecule has 0 bridgehead atoms. The molecule has 0 saturated carbocycles. The average Bonchev–Trinajstić information content (AvgIpc) is 2.32. The number of nitrogens with two attached hydrogens (primary N) is 1. The van der Waals surface area contributed by atoms with Gasteiger partial charge in [-0.15, -0.1) is 11.8 Å². The zero-order chi connectivity index (χ0) is 12.3. The first-order valence-corrected chi connectivity index (χ1v) is 6.44. The van der Waals surface area contributed by atoms with E-state index in [9.17, 15) is 4.39 Å². The summed E-state index contributed by atoms with van der Waals surface area (Å²) in [5.74, 6) is 0.474. The van der Waals surface area contributed by atoms with E-state index in [1.165, 1.54) is 17.8 Å². The lowest BCUT2D eigenvalue weighted by Gasteiger charge is -2.05. The predicted octanol–water partition coefficient (Wildman–Crippen LogP) is 4.35. The molecule has 0 aliphatic carbocycles. The van der Waals surface area contributed by atoms with E-state index in [2.05, 4.69) is 0 Å². The number of rotatable bonds is 3. The maximum absolute atomic E-state index is 13.4. The van der Waals surface area contributed by atoms with Crippen LogP contribution in [0.15, 0.2) is 47.4 Å². The van der Waals surface area contributed by atoms with Gasteiger partial charge in [0.25, 0.3) is 0 Å². The van der Waals surface area contributed by atoms with Gasteiger partial charge in [-0.1, -0.05) is 29.8 Å². The van der Waals surface area contributed by atoms with Crippen LogP contribution in [0.4, 0.5) is 10.1 Å². The van der Waals surface area contributed by atoms with Crippen molar-refractivity contribution in [1.82, 2.24) is 0 Å². The minimum absolute atomic E-state index is 0.195. The summed E-state index contributed by atoms with van der Waals surface area (Å²) in [6, 6.07) is 12.2. The molecule has 17 heavy (non-hydrogen) atoms. The molecular formula is C13H11ClFNS. The molecule has 2 N–H and O–H groups in total. The molecule has 0 aliphatic rings. The van der Waals surface area contributed by atoms with Gasteiger partial charge in [-0.3, -0.25) is 0 Å². The Morgan fingerprint density at radius 1 is 1.18 bits per heavy atom. The number of hydrogen-bond donors (Lipinski definition) is 1. The summed E-state index contributed by atoms with van der Waals surface area (Å²) in [5, 5.41) is 0.546.